The van der Waals surface area contributed by atoms with E-state index < -0.39 is 6.04 Å². The summed E-state index contributed by atoms with van der Waals surface area (Å²) in [6.45, 7) is 2.72. The average molecular weight is 578 g/mol. The van der Waals surface area contributed by atoms with E-state index in [0.717, 1.165) is 64.4 Å². The molecule has 1 saturated carbocycles. The number of aromatic nitrogens is 6. The van der Waals surface area contributed by atoms with Crippen LogP contribution in [0.25, 0.3) is 33.4 Å². The van der Waals surface area contributed by atoms with Crippen molar-refractivity contribution in [3.63, 3.8) is 0 Å². The fourth-order valence-electron chi connectivity index (χ4n) is 5.97. The molecule has 0 unspecified atom stereocenters. The van der Waals surface area contributed by atoms with Gasteiger partial charge in [-0.05, 0) is 103 Å². The lowest BCUT2D eigenvalue weighted by molar-refractivity contribution is -0.130. The smallest absolute Gasteiger partial charge is 0.247 e. The second-order valence-electron chi connectivity index (χ2n) is 11.3. The summed E-state index contributed by atoms with van der Waals surface area (Å²) in [7, 11) is 0. The first-order valence-corrected chi connectivity index (χ1v) is 14.7. The minimum atomic E-state index is -0.766. The summed E-state index contributed by atoms with van der Waals surface area (Å²) in [6.07, 6.45) is 5.60. The number of nitrogens with zero attached hydrogens (tertiary/aromatic N) is 4. The molecule has 11 heteroatoms. The van der Waals surface area contributed by atoms with Gasteiger partial charge in [0.2, 0.25) is 17.6 Å². The van der Waals surface area contributed by atoms with Crippen LogP contribution in [0, 0.1) is 18.8 Å². The normalized spacial score (nSPS) is 17.4. The van der Waals surface area contributed by atoms with Crippen molar-refractivity contribution < 1.29 is 9.59 Å². The number of nitrogens with one attached hydrogen (secondary N) is 4. The van der Waals surface area contributed by atoms with Crippen LogP contribution in [0.4, 0.5) is 5.69 Å². The highest BCUT2D eigenvalue weighted by molar-refractivity contribution is 5.98. The summed E-state index contributed by atoms with van der Waals surface area (Å²) >= 11 is 0. The number of H-pyrrole nitrogens is 2. The van der Waals surface area contributed by atoms with Crippen molar-refractivity contribution in [2.45, 2.75) is 45.1 Å². The van der Waals surface area contributed by atoms with Crippen LogP contribution in [-0.4, -0.2) is 55.2 Å². The Morgan fingerprint density at radius 2 is 1.84 bits per heavy atom. The minimum absolute atomic E-state index is 0.0850. The Labute approximate surface area is 249 Å². The van der Waals surface area contributed by atoms with Crippen LogP contribution in [0.15, 0.2) is 66.9 Å². The molecule has 2 heterocycles. The zero-order valence-corrected chi connectivity index (χ0v) is 24.0. The van der Waals surface area contributed by atoms with Gasteiger partial charge in [0.1, 0.15) is 6.04 Å². The van der Waals surface area contributed by atoms with Crippen LogP contribution in [0.5, 0.6) is 0 Å². The molecule has 1 aliphatic carbocycles. The van der Waals surface area contributed by atoms with E-state index in [1.54, 1.807) is 12.1 Å². The summed E-state index contributed by atoms with van der Waals surface area (Å²) in [6, 6.07) is 18.7. The van der Waals surface area contributed by atoms with Crippen LogP contribution < -0.4 is 16.4 Å². The summed E-state index contributed by atoms with van der Waals surface area (Å²) < 4.78 is 0. The van der Waals surface area contributed by atoms with Gasteiger partial charge in [0.05, 0.1) is 11.7 Å². The molecule has 5 aromatic rings. The van der Waals surface area contributed by atoms with E-state index in [4.69, 9.17) is 5.73 Å². The molecule has 1 atom stereocenters. The van der Waals surface area contributed by atoms with Crippen molar-refractivity contribution in [2.24, 2.45) is 17.6 Å². The number of fused-ring (bicyclic) bond motifs is 1. The monoisotopic (exact) mass is 577 g/mol. The number of tetrazole rings is 1. The maximum Gasteiger partial charge on any atom is 0.247 e. The molecule has 43 heavy (non-hydrogen) atoms. The van der Waals surface area contributed by atoms with Gasteiger partial charge in [-0.15, -0.1) is 10.2 Å². The first kappa shape index (κ1) is 28.2. The van der Waals surface area contributed by atoms with Gasteiger partial charge in [0.15, 0.2) is 0 Å². The minimum Gasteiger partial charge on any atom is -0.344 e. The van der Waals surface area contributed by atoms with E-state index in [2.05, 4.69) is 66.6 Å². The number of benzene rings is 3. The Balaban J connectivity index is 1.24. The third-order valence-corrected chi connectivity index (χ3v) is 8.43. The molecule has 6 N–H and O–H groups in total. The fourth-order valence-corrected chi connectivity index (χ4v) is 5.97. The molecule has 0 saturated heterocycles. The van der Waals surface area contributed by atoms with Crippen molar-refractivity contribution in [3.05, 3.63) is 78.0 Å². The molecule has 1 aliphatic rings. The SMILES string of the molecule is Cc1ccc2[nH]ncc2c1-c1cccc(C[C@H](NC(=O)C2CCC(CN)CC2)C(=O)Nc2ccc(-c3nn[nH]n3)cc2)c1. The van der Waals surface area contributed by atoms with E-state index in [0.29, 0.717) is 30.4 Å². The van der Waals surface area contributed by atoms with Gasteiger partial charge in [-0.25, -0.2) is 0 Å². The Bertz CT molecular complexity index is 1700. The van der Waals surface area contributed by atoms with E-state index in [1.165, 1.54) is 0 Å². The number of carbonyl (C=O) groups is 2. The van der Waals surface area contributed by atoms with Crippen LogP contribution in [-0.2, 0) is 16.0 Å². The van der Waals surface area contributed by atoms with Crippen LogP contribution in [0.1, 0.15) is 36.8 Å². The highest BCUT2D eigenvalue weighted by Gasteiger charge is 2.29. The first-order chi connectivity index (χ1) is 21.0. The Morgan fingerprint density at radius 3 is 2.58 bits per heavy atom. The molecule has 1 fully saturated rings. The summed E-state index contributed by atoms with van der Waals surface area (Å²) in [4.78, 5) is 27.1. The number of anilines is 1. The van der Waals surface area contributed by atoms with Gasteiger partial charge in [-0.3, -0.25) is 14.7 Å². The Hall–Kier alpha value is -4.90. The van der Waals surface area contributed by atoms with Crippen molar-refractivity contribution in [3.8, 4) is 22.5 Å². The molecule has 3 aromatic carbocycles. The second-order valence-corrected chi connectivity index (χ2v) is 11.3. The number of hydrogen-bond acceptors (Lipinski definition) is 7. The largest absolute Gasteiger partial charge is 0.344 e. The second kappa shape index (κ2) is 12.5. The number of amides is 2. The summed E-state index contributed by atoms with van der Waals surface area (Å²) in [5, 5.41) is 28.4. The van der Waals surface area contributed by atoms with Crippen molar-refractivity contribution >= 4 is 28.4 Å². The van der Waals surface area contributed by atoms with E-state index in [9.17, 15) is 9.59 Å². The summed E-state index contributed by atoms with van der Waals surface area (Å²) in [5.41, 5.74) is 12.4. The zero-order chi connectivity index (χ0) is 29.8. The molecule has 11 nitrogen and oxygen atoms in total. The molecule has 6 rings (SSSR count). The number of carbonyl (C=O) groups excluding carboxylic acids is 2. The number of hydrogen-bond donors (Lipinski definition) is 5. The summed E-state index contributed by atoms with van der Waals surface area (Å²) in [5.74, 6) is 0.436. The molecule has 2 aromatic heterocycles. The number of aromatic amines is 2. The zero-order valence-electron chi connectivity index (χ0n) is 24.0. The third-order valence-electron chi connectivity index (χ3n) is 8.43. The van der Waals surface area contributed by atoms with Gasteiger partial charge in [0.25, 0.3) is 0 Å². The molecule has 0 radical (unpaired) electrons. The number of aryl methyl sites for hydroxylation is 1. The van der Waals surface area contributed by atoms with Crippen molar-refractivity contribution in [1.29, 1.82) is 0 Å². The van der Waals surface area contributed by atoms with Gasteiger partial charge in [-0.2, -0.15) is 10.3 Å². The van der Waals surface area contributed by atoms with Gasteiger partial charge in [-0.1, -0.05) is 30.3 Å². The van der Waals surface area contributed by atoms with Crippen LogP contribution >= 0.6 is 0 Å². The molecule has 0 bridgehead atoms. The number of rotatable bonds is 9. The third kappa shape index (κ3) is 6.31. The lowest BCUT2D eigenvalue weighted by Gasteiger charge is -2.28. The quantitative estimate of drug-likeness (QED) is 0.175. The van der Waals surface area contributed by atoms with Gasteiger partial charge >= 0.3 is 0 Å². The van der Waals surface area contributed by atoms with E-state index in [-0.39, 0.29) is 17.7 Å². The standard InChI is InChI=1S/C32H35N9O2/c1-19-5-14-27-26(18-34-37-27)29(19)24-4-2-3-21(15-24)16-28(36-31(42)23-8-6-20(17-33)7-9-23)32(43)35-25-12-10-22(11-13-25)30-38-40-41-39-30/h2-5,10-15,18,20,23,28H,6-9,16-17,33H2,1H3,(H,34,37)(H,35,43)(H,36,42)(H,38,39,40,41)/t20?,23?,28-/m0/s1. The van der Waals surface area contributed by atoms with E-state index in [1.807, 2.05) is 36.5 Å². The predicted molar refractivity (Wildman–Crippen MR) is 165 cm³/mol. The molecular formula is C32H35N9O2. The number of nitrogens with two attached hydrogens (primary N) is 1. The van der Waals surface area contributed by atoms with Crippen LogP contribution in [0.3, 0.4) is 0 Å². The highest BCUT2D eigenvalue weighted by atomic mass is 16.2. The van der Waals surface area contributed by atoms with Gasteiger partial charge in [0, 0.05) is 29.0 Å². The predicted octanol–water partition coefficient (Wildman–Crippen LogP) is 4.15. The Morgan fingerprint density at radius 1 is 1.02 bits per heavy atom. The van der Waals surface area contributed by atoms with Crippen molar-refractivity contribution in [1.82, 2.24) is 36.1 Å². The average Bonchev–Trinajstić information content (AvgIpc) is 3.74. The highest BCUT2D eigenvalue weighted by Crippen LogP contribution is 2.32. The lowest BCUT2D eigenvalue weighted by atomic mass is 9.81. The molecule has 0 spiro atoms. The van der Waals surface area contributed by atoms with Crippen molar-refractivity contribution in [2.75, 3.05) is 11.9 Å². The molecule has 220 valence electrons. The molecule has 0 aliphatic heterocycles. The fraction of sp³-hybridized carbons (Fsp3) is 0.312. The van der Waals surface area contributed by atoms with Crippen LogP contribution in [0.2, 0.25) is 0 Å². The maximum absolute atomic E-state index is 13.7. The first-order valence-electron chi connectivity index (χ1n) is 14.7. The van der Waals surface area contributed by atoms with E-state index >= 15 is 0 Å². The Kier molecular flexibility index (Phi) is 8.23. The maximum atomic E-state index is 13.7. The molecular weight excluding hydrogens is 542 g/mol. The molecule has 2 amide bonds. The topological polar surface area (TPSA) is 167 Å². The van der Waals surface area contributed by atoms with Gasteiger partial charge < -0.3 is 16.4 Å². The lowest BCUT2D eigenvalue weighted by Crippen LogP contribution is -2.48.